The van der Waals surface area contributed by atoms with Crippen molar-refractivity contribution in [2.24, 2.45) is 5.41 Å². The minimum Gasteiger partial charge on any atom is -0.370 e. The van der Waals surface area contributed by atoms with Crippen molar-refractivity contribution in [3.63, 3.8) is 0 Å². The first kappa shape index (κ1) is 13.4. The first-order chi connectivity index (χ1) is 7.90. The summed E-state index contributed by atoms with van der Waals surface area (Å²) in [6.45, 7) is 8.44. The zero-order valence-electron chi connectivity index (χ0n) is 10.6. The summed E-state index contributed by atoms with van der Waals surface area (Å²) in [6, 6.07) is 1.79. The van der Waals surface area contributed by atoms with Crippen LogP contribution in [0.5, 0.6) is 0 Å². The maximum Gasteiger partial charge on any atom is 0.268 e. The molecule has 5 nitrogen and oxygen atoms in total. The second kappa shape index (κ2) is 5.11. The number of H-pyrrole nitrogens is 1. The van der Waals surface area contributed by atoms with Gasteiger partial charge in [-0.3, -0.25) is 4.79 Å². The molecule has 0 bridgehead atoms. The normalized spacial score (nSPS) is 13.1. The summed E-state index contributed by atoms with van der Waals surface area (Å²) in [5, 5.41) is 8.67. The molecule has 0 saturated heterocycles. The van der Waals surface area contributed by atoms with Gasteiger partial charge in [-0.05, 0) is 12.3 Å². The van der Waals surface area contributed by atoms with Crippen LogP contribution in [0.4, 0.5) is 0 Å². The molecule has 0 radical (unpaired) electrons. The number of rotatable bonds is 3. The minimum atomic E-state index is -0.425. The topological polar surface area (TPSA) is 78.8 Å². The zero-order chi connectivity index (χ0) is 13.1. The molecule has 0 aliphatic heterocycles. The molecule has 0 fully saturated rings. The number of ether oxygens (including phenoxy) is 1. The van der Waals surface area contributed by atoms with E-state index in [4.69, 9.17) is 10.00 Å². The third-order valence-electron chi connectivity index (χ3n) is 2.31. The molecule has 92 valence electrons. The number of hydrogen-bond acceptors (Lipinski definition) is 4. The number of hydrogen-bond donors (Lipinski definition) is 1. The fourth-order valence-corrected chi connectivity index (χ4v) is 1.53. The number of nitriles is 1. The van der Waals surface area contributed by atoms with E-state index in [0.717, 1.165) is 0 Å². The number of aromatic amines is 1. The second-order valence-corrected chi connectivity index (χ2v) is 4.82. The van der Waals surface area contributed by atoms with Crippen molar-refractivity contribution in [2.75, 3.05) is 6.61 Å². The van der Waals surface area contributed by atoms with Crippen LogP contribution in [-0.4, -0.2) is 16.6 Å². The van der Waals surface area contributed by atoms with Crippen molar-refractivity contribution in [1.82, 2.24) is 9.97 Å². The van der Waals surface area contributed by atoms with Crippen molar-refractivity contribution in [3.05, 3.63) is 27.9 Å². The third kappa shape index (κ3) is 3.14. The number of nitrogens with one attached hydrogen (secondary N) is 1. The highest BCUT2D eigenvalue weighted by Crippen LogP contribution is 2.33. The highest BCUT2D eigenvalue weighted by molar-refractivity contribution is 5.22. The monoisotopic (exact) mass is 235 g/mol. The van der Waals surface area contributed by atoms with Gasteiger partial charge in [-0.15, -0.1) is 0 Å². The van der Waals surface area contributed by atoms with Crippen molar-refractivity contribution >= 4 is 0 Å². The quantitative estimate of drug-likeness (QED) is 0.865. The lowest BCUT2D eigenvalue weighted by molar-refractivity contribution is -0.0192. The molecule has 0 amide bonds. The standard InChI is InChI=1S/C12H17N3O2/c1-5-17-9(12(2,3)4)10-14-7-8(6-13)11(16)15-10/h7,9H,5H2,1-4H3,(H,14,15,16). The highest BCUT2D eigenvalue weighted by atomic mass is 16.5. The Hall–Kier alpha value is -1.67. The lowest BCUT2D eigenvalue weighted by Gasteiger charge is -2.29. The molecule has 1 aromatic heterocycles. The first-order valence-electron chi connectivity index (χ1n) is 5.51. The summed E-state index contributed by atoms with van der Waals surface area (Å²) in [7, 11) is 0. The lowest BCUT2D eigenvalue weighted by atomic mass is 9.88. The van der Waals surface area contributed by atoms with Gasteiger partial charge in [0, 0.05) is 6.61 Å². The minimum absolute atomic E-state index is 0.0120. The maximum absolute atomic E-state index is 11.5. The van der Waals surface area contributed by atoms with Crippen LogP contribution < -0.4 is 5.56 Å². The average Bonchev–Trinajstić information content (AvgIpc) is 2.24. The van der Waals surface area contributed by atoms with E-state index in [0.29, 0.717) is 12.4 Å². The predicted molar refractivity (Wildman–Crippen MR) is 63.4 cm³/mol. The smallest absolute Gasteiger partial charge is 0.268 e. The molecule has 1 atom stereocenters. The van der Waals surface area contributed by atoms with Crippen LogP contribution in [0.25, 0.3) is 0 Å². The number of aromatic nitrogens is 2. The molecule has 0 aromatic carbocycles. The molecule has 0 aliphatic rings. The summed E-state index contributed by atoms with van der Waals surface area (Å²) in [6.07, 6.45) is 0.985. The second-order valence-electron chi connectivity index (χ2n) is 4.82. The van der Waals surface area contributed by atoms with Crippen molar-refractivity contribution < 1.29 is 4.74 Å². The highest BCUT2D eigenvalue weighted by Gasteiger charge is 2.29. The summed E-state index contributed by atoms with van der Waals surface area (Å²) >= 11 is 0. The average molecular weight is 235 g/mol. The fourth-order valence-electron chi connectivity index (χ4n) is 1.53. The van der Waals surface area contributed by atoms with Gasteiger partial charge in [0.05, 0.1) is 6.20 Å². The fraction of sp³-hybridized carbons (Fsp3) is 0.583. The predicted octanol–water partition coefficient (Wildman–Crippen LogP) is 1.77. The maximum atomic E-state index is 11.5. The molecule has 0 spiro atoms. The molecule has 1 N–H and O–H groups in total. The Bertz CT molecular complexity index is 480. The van der Waals surface area contributed by atoms with E-state index in [2.05, 4.69) is 9.97 Å². The van der Waals surface area contributed by atoms with Crippen LogP contribution in [0.3, 0.4) is 0 Å². The van der Waals surface area contributed by atoms with Gasteiger partial charge in [-0.2, -0.15) is 5.26 Å². The van der Waals surface area contributed by atoms with Gasteiger partial charge in [0.15, 0.2) is 0 Å². The van der Waals surface area contributed by atoms with Crippen LogP contribution in [0, 0.1) is 16.7 Å². The molecular weight excluding hydrogens is 218 g/mol. The molecule has 1 rings (SSSR count). The molecule has 17 heavy (non-hydrogen) atoms. The van der Waals surface area contributed by atoms with Gasteiger partial charge in [0.1, 0.15) is 23.6 Å². The molecular formula is C12H17N3O2. The number of nitrogens with zero attached hydrogens (tertiary/aromatic N) is 2. The Morgan fingerprint density at radius 3 is 2.65 bits per heavy atom. The SMILES string of the molecule is CCOC(c1ncc(C#N)c(=O)[nH]1)C(C)(C)C. The van der Waals surface area contributed by atoms with Crippen molar-refractivity contribution in [2.45, 2.75) is 33.8 Å². The Morgan fingerprint density at radius 1 is 1.59 bits per heavy atom. The van der Waals surface area contributed by atoms with Crippen LogP contribution in [0.2, 0.25) is 0 Å². The van der Waals surface area contributed by atoms with Crippen molar-refractivity contribution in [1.29, 1.82) is 5.26 Å². The van der Waals surface area contributed by atoms with Crippen LogP contribution >= 0.6 is 0 Å². The van der Waals surface area contributed by atoms with E-state index < -0.39 is 5.56 Å². The van der Waals surface area contributed by atoms with Gasteiger partial charge >= 0.3 is 0 Å². The van der Waals surface area contributed by atoms with Gasteiger partial charge in [0.2, 0.25) is 0 Å². The molecule has 1 heterocycles. The largest absolute Gasteiger partial charge is 0.370 e. The van der Waals surface area contributed by atoms with Crippen LogP contribution in [-0.2, 0) is 4.74 Å². The Balaban J connectivity index is 3.17. The van der Waals surface area contributed by atoms with E-state index in [1.165, 1.54) is 6.20 Å². The first-order valence-corrected chi connectivity index (χ1v) is 5.51. The summed E-state index contributed by atoms with van der Waals surface area (Å²) in [5.41, 5.74) is -0.593. The van der Waals surface area contributed by atoms with Crippen LogP contribution in [0.15, 0.2) is 11.0 Å². The van der Waals surface area contributed by atoms with E-state index >= 15 is 0 Å². The van der Waals surface area contributed by atoms with E-state index in [9.17, 15) is 4.79 Å². The third-order valence-corrected chi connectivity index (χ3v) is 2.31. The van der Waals surface area contributed by atoms with Gasteiger partial charge < -0.3 is 9.72 Å². The Labute approximate surface area is 100 Å². The molecule has 0 aliphatic carbocycles. The Kier molecular flexibility index (Phi) is 4.02. The summed E-state index contributed by atoms with van der Waals surface area (Å²) in [5.74, 6) is 0.461. The summed E-state index contributed by atoms with van der Waals surface area (Å²) in [4.78, 5) is 18.2. The summed E-state index contributed by atoms with van der Waals surface area (Å²) < 4.78 is 5.61. The molecule has 0 saturated carbocycles. The zero-order valence-corrected chi connectivity index (χ0v) is 10.6. The van der Waals surface area contributed by atoms with E-state index in [1.807, 2.05) is 27.7 Å². The lowest BCUT2D eigenvalue weighted by Crippen LogP contribution is -2.26. The van der Waals surface area contributed by atoms with Gasteiger partial charge in [0.25, 0.3) is 5.56 Å². The van der Waals surface area contributed by atoms with Gasteiger partial charge in [-0.25, -0.2) is 4.98 Å². The molecule has 1 aromatic rings. The van der Waals surface area contributed by atoms with Crippen LogP contribution in [0.1, 0.15) is 45.2 Å². The molecule has 1 unspecified atom stereocenters. The molecule has 5 heteroatoms. The van der Waals surface area contributed by atoms with Gasteiger partial charge in [-0.1, -0.05) is 20.8 Å². The van der Waals surface area contributed by atoms with E-state index in [-0.39, 0.29) is 17.1 Å². The Morgan fingerprint density at radius 2 is 2.24 bits per heavy atom. The van der Waals surface area contributed by atoms with Crippen molar-refractivity contribution in [3.8, 4) is 6.07 Å². The van der Waals surface area contributed by atoms with E-state index in [1.54, 1.807) is 6.07 Å².